The second-order valence-corrected chi connectivity index (χ2v) is 10.4. The van der Waals surface area contributed by atoms with E-state index in [-0.39, 0.29) is 28.9 Å². The van der Waals surface area contributed by atoms with E-state index in [1.807, 2.05) is 0 Å². The van der Waals surface area contributed by atoms with Crippen molar-refractivity contribution in [1.29, 1.82) is 0 Å². The van der Waals surface area contributed by atoms with Crippen LogP contribution in [0, 0.1) is 18.2 Å². The first-order valence-electron chi connectivity index (χ1n) is 12.4. The summed E-state index contributed by atoms with van der Waals surface area (Å²) in [6, 6.07) is 5.23. The lowest BCUT2D eigenvalue weighted by Gasteiger charge is -2.34. The molecule has 1 fully saturated rings. The summed E-state index contributed by atoms with van der Waals surface area (Å²) < 4.78 is 82.0. The largest absolute Gasteiger partial charge is 0.508 e. The van der Waals surface area contributed by atoms with Gasteiger partial charge in [-0.3, -0.25) is 14.4 Å². The van der Waals surface area contributed by atoms with Crippen LogP contribution in [0.25, 0.3) is 0 Å². The number of benzene rings is 2. The monoisotopic (exact) mass is 589 g/mol. The first kappa shape index (κ1) is 31.7. The van der Waals surface area contributed by atoms with Gasteiger partial charge < -0.3 is 25.7 Å². The summed E-state index contributed by atoms with van der Waals surface area (Å²) >= 11 is 0. The van der Waals surface area contributed by atoms with Gasteiger partial charge >= 0.3 is 6.18 Å². The van der Waals surface area contributed by atoms with Crippen molar-refractivity contribution in [2.24, 2.45) is 5.41 Å². The van der Waals surface area contributed by atoms with E-state index in [0.717, 1.165) is 26.0 Å². The predicted octanol–water partition coefficient (Wildman–Crippen LogP) is 3.09. The van der Waals surface area contributed by atoms with Gasteiger partial charge in [-0.1, -0.05) is 32.0 Å². The number of likely N-dealkylation sites (tertiary alicyclic amines) is 1. The van der Waals surface area contributed by atoms with E-state index in [0.29, 0.717) is 4.90 Å². The number of rotatable bonds is 8. The van der Waals surface area contributed by atoms with Gasteiger partial charge in [0, 0.05) is 11.1 Å². The number of hydrogen-bond donors (Lipinski definition) is 4. The molecule has 224 valence electrons. The normalized spacial score (nSPS) is 19.4. The second-order valence-electron chi connectivity index (χ2n) is 10.4. The third-order valence-corrected chi connectivity index (χ3v) is 7.15. The highest BCUT2D eigenvalue weighted by molar-refractivity contribution is 5.97. The summed E-state index contributed by atoms with van der Waals surface area (Å²) in [5, 5.41) is 24.9. The molecule has 2 aromatic rings. The van der Waals surface area contributed by atoms with Gasteiger partial charge in [0.05, 0.1) is 18.0 Å². The Balaban J connectivity index is 1.96. The molecule has 14 heteroatoms. The number of aliphatic hydroxyl groups is 1. The van der Waals surface area contributed by atoms with E-state index in [1.54, 1.807) is 0 Å². The lowest BCUT2D eigenvalue weighted by Crippen LogP contribution is -2.58. The Morgan fingerprint density at radius 2 is 1.76 bits per heavy atom. The van der Waals surface area contributed by atoms with Crippen LogP contribution in [0.2, 0.25) is 0 Å². The van der Waals surface area contributed by atoms with Crippen LogP contribution in [0.1, 0.15) is 35.3 Å². The van der Waals surface area contributed by atoms with Crippen molar-refractivity contribution < 1.29 is 50.9 Å². The van der Waals surface area contributed by atoms with Crippen molar-refractivity contribution in [3.8, 4) is 5.75 Å². The maximum Gasteiger partial charge on any atom is 0.405 e. The molecule has 8 nitrogen and oxygen atoms in total. The summed E-state index contributed by atoms with van der Waals surface area (Å²) in [6.45, 7) is -0.00331. The highest BCUT2D eigenvalue weighted by Gasteiger charge is 2.64. The van der Waals surface area contributed by atoms with Crippen LogP contribution >= 0.6 is 0 Å². The first-order valence-corrected chi connectivity index (χ1v) is 12.4. The van der Waals surface area contributed by atoms with E-state index in [4.69, 9.17) is 0 Å². The van der Waals surface area contributed by atoms with Crippen LogP contribution < -0.4 is 10.6 Å². The molecule has 0 bridgehead atoms. The molecule has 0 radical (unpaired) electrons. The molecular formula is C27H29F6N3O5. The predicted molar refractivity (Wildman–Crippen MR) is 134 cm³/mol. The quantitative estimate of drug-likeness (QED) is 0.353. The molecule has 0 spiro atoms. The smallest absolute Gasteiger partial charge is 0.405 e. The van der Waals surface area contributed by atoms with E-state index in [1.165, 1.54) is 42.6 Å². The fraction of sp³-hybridized carbons (Fsp3) is 0.444. The van der Waals surface area contributed by atoms with Gasteiger partial charge in [0.15, 0.2) is 6.10 Å². The van der Waals surface area contributed by atoms with Gasteiger partial charge in [-0.25, -0.2) is 13.2 Å². The van der Waals surface area contributed by atoms with Crippen LogP contribution in [-0.4, -0.2) is 76.2 Å². The van der Waals surface area contributed by atoms with Crippen LogP contribution in [-0.2, 0) is 16.0 Å². The van der Waals surface area contributed by atoms with E-state index < -0.39 is 72.3 Å². The van der Waals surface area contributed by atoms with Crippen molar-refractivity contribution in [3.63, 3.8) is 0 Å². The maximum atomic E-state index is 15.0. The average molecular weight is 590 g/mol. The lowest BCUT2D eigenvalue weighted by molar-refractivity contribution is -0.151. The van der Waals surface area contributed by atoms with Crippen molar-refractivity contribution in [2.75, 3.05) is 13.1 Å². The fourth-order valence-corrected chi connectivity index (χ4v) is 4.67. The van der Waals surface area contributed by atoms with Crippen LogP contribution in [0.15, 0.2) is 42.5 Å². The van der Waals surface area contributed by atoms with Crippen LogP contribution in [0.5, 0.6) is 5.75 Å². The lowest BCUT2D eigenvalue weighted by atomic mass is 9.81. The minimum Gasteiger partial charge on any atom is -0.508 e. The molecule has 3 atom stereocenters. The Hall–Kier alpha value is -3.81. The summed E-state index contributed by atoms with van der Waals surface area (Å²) in [4.78, 5) is 39.5. The van der Waals surface area contributed by atoms with Gasteiger partial charge in [-0.05, 0) is 43.2 Å². The van der Waals surface area contributed by atoms with Gasteiger partial charge in [0.2, 0.25) is 5.91 Å². The van der Waals surface area contributed by atoms with Crippen molar-refractivity contribution in [2.45, 2.75) is 57.5 Å². The molecule has 41 heavy (non-hydrogen) atoms. The summed E-state index contributed by atoms with van der Waals surface area (Å²) in [5.41, 5.74) is -2.04. The molecule has 0 aromatic heterocycles. The summed E-state index contributed by atoms with van der Waals surface area (Å²) in [7, 11) is 0. The summed E-state index contributed by atoms with van der Waals surface area (Å²) in [6.07, 6.45) is -7.53. The van der Waals surface area contributed by atoms with Gasteiger partial charge in [0.25, 0.3) is 17.7 Å². The zero-order valence-corrected chi connectivity index (χ0v) is 22.2. The Bertz CT molecular complexity index is 1320. The number of hydrogen-bond acceptors (Lipinski definition) is 5. The number of phenols is 1. The minimum atomic E-state index is -4.86. The highest BCUT2D eigenvalue weighted by atomic mass is 19.4. The molecule has 1 aliphatic heterocycles. The molecule has 3 rings (SSSR count). The Morgan fingerprint density at radius 1 is 1.12 bits per heavy atom. The van der Waals surface area contributed by atoms with Crippen LogP contribution in [0.4, 0.5) is 26.3 Å². The number of alkyl halides is 5. The van der Waals surface area contributed by atoms with Crippen molar-refractivity contribution in [3.05, 3.63) is 65.0 Å². The van der Waals surface area contributed by atoms with Crippen molar-refractivity contribution >= 4 is 17.7 Å². The first-order chi connectivity index (χ1) is 18.9. The molecule has 0 saturated carbocycles. The topological polar surface area (TPSA) is 119 Å². The van der Waals surface area contributed by atoms with E-state index in [2.05, 4.69) is 5.32 Å². The number of amides is 3. The molecular weight excluding hydrogens is 560 g/mol. The minimum absolute atomic E-state index is 0.0489. The molecule has 0 aliphatic carbocycles. The molecule has 3 amide bonds. The van der Waals surface area contributed by atoms with E-state index in [9.17, 15) is 50.9 Å². The Kier molecular flexibility index (Phi) is 8.96. The van der Waals surface area contributed by atoms with Gasteiger partial charge in [0.1, 0.15) is 24.2 Å². The van der Waals surface area contributed by atoms with Crippen molar-refractivity contribution in [1.82, 2.24) is 15.5 Å². The molecule has 2 aromatic carbocycles. The third-order valence-electron chi connectivity index (χ3n) is 7.15. The molecule has 1 heterocycles. The second kappa shape index (κ2) is 11.6. The fourth-order valence-electron chi connectivity index (χ4n) is 4.67. The average Bonchev–Trinajstić information content (AvgIpc) is 3.06. The molecule has 4 N–H and O–H groups in total. The standard InChI is InChI=1S/C27H29F6N3O5/c1-14-17(8-5-9-19(14)37)22(39)35-18(11-15-6-4-7-16(28)10-15)20(38)24(41)36-13-26(29,30)25(2,3)21(36)23(40)34-12-27(31,32)33/h4-10,18,20-21,37-38H,11-13H2,1-3H3,(H,34,40)(H,35,39)/t18-,20?,21+/m0/s1. The molecule has 1 saturated heterocycles. The number of carbonyl (C=O) groups excluding carboxylic acids is 3. The van der Waals surface area contributed by atoms with Gasteiger partial charge in [-0.15, -0.1) is 0 Å². The van der Waals surface area contributed by atoms with Gasteiger partial charge in [-0.2, -0.15) is 13.2 Å². The van der Waals surface area contributed by atoms with E-state index >= 15 is 0 Å². The number of aromatic hydroxyl groups is 1. The SMILES string of the molecule is Cc1c(O)cccc1C(=O)N[C@@H](Cc1cccc(F)c1)C(O)C(=O)N1CC(F)(F)C(C)(C)[C@H]1C(=O)NCC(F)(F)F. The summed E-state index contributed by atoms with van der Waals surface area (Å²) in [5.74, 6) is -8.51. The highest BCUT2D eigenvalue weighted by Crippen LogP contribution is 2.48. The number of halogens is 6. The Labute approximate surface area is 231 Å². The third kappa shape index (κ3) is 6.92. The van der Waals surface area contributed by atoms with Crippen LogP contribution in [0.3, 0.4) is 0 Å². The maximum absolute atomic E-state index is 15.0. The Morgan fingerprint density at radius 3 is 2.37 bits per heavy atom. The number of nitrogens with one attached hydrogen (secondary N) is 2. The molecule has 1 aliphatic rings. The zero-order valence-electron chi connectivity index (χ0n) is 22.2. The number of phenolic OH excluding ortho intramolecular Hbond substituents is 1. The number of carbonyl (C=O) groups is 3. The molecule has 1 unspecified atom stereocenters. The number of nitrogens with zero attached hydrogens (tertiary/aromatic N) is 1. The zero-order chi connectivity index (χ0) is 30.9. The number of aliphatic hydroxyl groups excluding tert-OH is 1.